The van der Waals surface area contributed by atoms with Crippen LogP contribution in [0.4, 0.5) is 0 Å². The van der Waals surface area contributed by atoms with Gasteiger partial charge in [0.25, 0.3) is 0 Å². The third-order valence-electron chi connectivity index (χ3n) is 2.77. The topological polar surface area (TPSA) is 60.9 Å². The van der Waals surface area contributed by atoms with E-state index >= 15 is 0 Å². The Bertz CT molecular complexity index is 720. The molecule has 0 aliphatic heterocycles. The van der Waals surface area contributed by atoms with E-state index in [-0.39, 0.29) is 11.7 Å². The van der Waals surface area contributed by atoms with Crippen LogP contribution in [0.1, 0.15) is 16.4 Å². The average Bonchev–Trinajstić information content (AvgIpc) is 3.17. The van der Waals surface area contributed by atoms with Gasteiger partial charge in [0.15, 0.2) is 11.6 Å². The summed E-state index contributed by atoms with van der Waals surface area (Å²) in [6.07, 6.45) is 1.45. The zero-order valence-electron chi connectivity index (χ0n) is 10.4. The Morgan fingerprint density at radius 1 is 1.20 bits per heavy atom. The summed E-state index contributed by atoms with van der Waals surface area (Å²) in [6, 6.07) is 12.7. The number of thiol groups is 1. The second kappa shape index (κ2) is 5.34. The molecule has 0 bridgehead atoms. The zero-order chi connectivity index (χ0) is 13.9. The molecule has 0 aliphatic rings. The summed E-state index contributed by atoms with van der Waals surface area (Å²) in [5, 5.41) is 4.25. The molecule has 0 spiro atoms. The van der Waals surface area contributed by atoms with E-state index < -0.39 is 0 Å². The number of furan rings is 1. The van der Waals surface area contributed by atoms with Crippen molar-refractivity contribution in [1.29, 1.82) is 0 Å². The lowest BCUT2D eigenvalue weighted by atomic mass is 10.2. The summed E-state index contributed by atoms with van der Waals surface area (Å²) in [6.45, 7) is 0. The highest BCUT2D eigenvalue weighted by Gasteiger charge is 2.19. The minimum atomic E-state index is -0.353. The second-order valence-electron chi connectivity index (χ2n) is 4.07. The third kappa shape index (κ3) is 2.25. The number of carbonyl (C=O) groups excluding carboxylic acids is 1. The first-order chi connectivity index (χ1) is 9.79. The molecule has 0 aliphatic carbocycles. The molecule has 3 aromatic rings. The minimum absolute atomic E-state index is 0.220. The van der Waals surface area contributed by atoms with Gasteiger partial charge in [-0.25, -0.2) is 4.98 Å². The molecule has 0 radical (unpaired) electrons. The molecule has 5 nitrogen and oxygen atoms in total. The fourth-order valence-corrected chi connectivity index (χ4v) is 2.03. The first kappa shape index (κ1) is 12.7. The van der Waals surface area contributed by atoms with Crippen molar-refractivity contribution in [3.63, 3.8) is 0 Å². The van der Waals surface area contributed by atoms with E-state index in [1.165, 1.54) is 10.9 Å². The van der Waals surface area contributed by atoms with Crippen molar-refractivity contribution in [2.24, 2.45) is 0 Å². The van der Waals surface area contributed by atoms with Crippen LogP contribution in [0.2, 0.25) is 0 Å². The first-order valence-electron chi connectivity index (χ1n) is 6.00. The van der Waals surface area contributed by atoms with Crippen LogP contribution >= 0.6 is 12.6 Å². The number of rotatable bonds is 3. The van der Waals surface area contributed by atoms with Crippen molar-refractivity contribution in [2.75, 3.05) is 0 Å². The smallest absolute Gasteiger partial charge is 0.315 e. The fraction of sp³-hybridized carbons (Fsp3) is 0.0714. The first-order valence-corrected chi connectivity index (χ1v) is 6.63. The van der Waals surface area contributed by atoms with Gasteiger partial charge in [-0.15, -0.1) is 5.10 Å². The molecular weight excluding hydrogens is 274 g/mol. The van der Waals surface area contributed by atoms with E-state index in [1.54, 1.807) is 12.1 Å². The van der Waals surface area contributed by atoms with Crippen LogP contribution < -0.4 is 0 Å². The highest BCUT2D eigenvalue weighted by molar-refractivity contribution is 7.79. The molecular formula is C14H11N3O2S. The Labute approximate surface area is 120 Å². The van der Waals surface area contributed by atoms with E-state index in [1.807, 2.05) is 30.3 Å². The number of carbonyl (C=O) groups is 1. The van der Waals surface area contributed by atoms with Gasteiger partial charge in [-0.1, -0.05) is 30.3 Å². The number of hydrogen-bond donors (Lipinski definition) is 1. The maximum atomic E-state index is 12.3. The van der Waals surface area contributed by atoms with Crippen molar-refractivity contribution in [3.8, 4) is 11.4 Å². The maximum Gasteiger partial charge on any atom is 0.315 e. The van der Waals surface area contributed by atoms with Crippen molar-refractivity contribution < 1.29 is 9.21 Å². The number of hydrogen-bond acceptors (Lipinski definition) is 5. The Morgan fingerprint density at radius 3 is 2.65 bits per heavy atom. The van der Waals surface area contributed by atoms with Gasteiger partial charge in [0, 0.05) is 5.56 Å². The molecule has 0 N–H and O–H groups in total. The van der Waals surface area contributed by atoms with Crippen molar-refractivity contribution in [3.05, 3.63) is 60.3 Å². The Hall–Kier alpha value is -2.34. The lowest BCUT2D eigenvalue weighted by molar-refractivity contribution is 0.0914. The van der Waals surface area contributed by atoms with Crippen LogP contribution in [0.5, 0.6) is 0 Å². The van der Waals surface area contributed by atoms with Crippen LogP contribution in [0, 0.1) is 0 Å². The largest absolute Gasteiger partial charge is 0.459 e. The summed E-state index contributed by atoms with van der Waals surface area (Å²) >= 11 is 4.19. The van der Waals surface area contributed by atoms with Gasteiger partial charge in [0.2, 0.25) is 0 Å². The van der Waals surface area contributed by atoms with Crippen LogP contribution in [0.25, 0.3) is 11.4 Å². The number of aromatic nitrogens is 3. The molecule has 0 saturated carbocycles. The number of nitrogens with zero attached hydrogens (tertiary/aromatic N) is 3. The van der Waals surface area contributed by atoms with Gasteiger partial charge >= 0.3 is 5.91 Å². The van der Waals surface area contributed by atoms with Crippen molar-refractivity contribution in [2.45, 2.75) is 5.75 Å². The fourth-order valence-electron chi connectivity index (χ4n) is 1.82. The molecule has 20 heavy (non-hydrogen) atoms. The average molecular weight is 285 g/mol. The molecule has 2 heterocycles. The molecule has 3 rings (SSSR count). The standard InChI is InChI=1S/C14H11N3O2S/c18-14(11-7-4-8-19-11)17-12(9-20)15-13(16-17)10-5-2-1-3-6-10/h1-8,20H,9H2. The summed E-state index contributed by atoms with van der Waals surface area (Å²) in [5.74, 6) is 1.15. The number of benzene rings is 1. The van der Waals surface area contributed by atoms with Crippen molar-refractivity contribution >= 4 is 18.5 Å². The lowest BCUT2D eigenvalue weighted by Gasteiger charge is -1.98. The van der Waals surface area contributed by atoms with Crippen LogP contribution in [-0.2, 0) is 5.75 Å². The normalized spacial score (nSPS) is 10.7. The molecule has 0 unspecified atom stereocenters. The molecule has 100 valence electrons. The Balaban J connectivity index is 2.04. The Kier molecular flexibility index (Phi) is 3.39. The van der Waals surface area contributed by atoms with E-state index in [0.717, 1.165) is 5.56 Å². The summed E-state index contributed by atoms with van der Waals surface area (Å²) in [4.78, 5) is 16.6. The Morgan fingerprint density at radius 2 is 2.00 bits per heavy atom. The molecule has 0 fully saturated rings. The summed E-state index contributed by atoms with van der Waals surface area (Å²) in [7, 11) is 0. The van der Waals surface area contributed by atoms with Gasteiger partial charge in [-0.2, -0.15) is 17.3 Å². The summed E-state index contributed by atoms with van der Waals surface area (Å²) in [5.41, 5.74) is 0.849. The highest BCUT2D eigenvalue weighted by atomic mass is 32.1. The van der Waals surface area contributed by atoms with E-state index in [0.29, 0.717) is 17.4 Å². The predicted octanol–water partition coefficient (Wildman–Crippen LogP) is 2.66. The third-order valence-corrected chi connectivity index (χ3v) is 3.05. The van der Waals surface area contributed by atoms with Gasteiger partial charge < -0.3 is 4.42 Å². The lowest BCUT2D eigenvalue weighted by Crippen LogP contribution is -2.15. The quantitative estimate of drug-likeness (QED) is 0.752. The molecule has 0 amide bonds. The van der Waals surface area contributed by atoms with Gasteiger partial charge in [0.05, 0.1) is 12.0 Å². The molecule has 1 aromatic carbocycles. The van der Waals surface area contributed by atoms with Crippen LogP contribution in [0.15, 0.2) is 53.1 Å². The van der Waals surface area contributed by atoms with Gasteiger partial charge in [-0.05, 0) is 12.1 Å². The van der Waals surface area contributed by atoms with Crippen molar-refractivity contribution in [1.82, 2.24) is 14.8 Å². The SMILES string of the molecule is O=C(c1ccco1)n1nc(-c2ccccc2)nc1CS. The molecule has 6 heteroatoms. The van der Waals surface area contributed by atoms with E-state index in [4.69, 9.17) is 4.42 Å². The zero-order valence-corrected chi connectivity index (χ0v) is 11.3. The van der Waals surface area contributed by atoms with Gasteiger partial charge in [0.1, 0.15) is 5.82 Å². The highest BCUT2D eigenvalue weighted by Crippen LogP contribution is 2.17. The van der Waals surface area contributed by atoms with E-state index in [2.05, 4.69) is 22.7 Å². The van der Waals surface area contributed by atoms with Crippen LogP contribution in [-0.4, -0.2) is 20.7 Å². The maximum absolute atomic E-state index is 12.3. The summed E-state index contributed by atoms with van der Waals surface area (Å²) < 4.78 is 6.33. The molecule has 0 atom stereocenters. The minimum Gasteiger partial charge on any atom is -0.459 e. The van der Waals surface area contributed by atoms with E-state index in [9.17, 15) is 4.79 Å². The predicted molar refractivity (Wildman–Crippen MR) is 76.6 cm³/mol. The monoisotopic (exact) mass is 285 g/mol. The molecule has 0 saturated heterocycles. The molecule has 2 aromatic heterocycles. The van der Waals surface area contributed by atoms with Crippen LogP contribution in [0.3, 0.4) is 0 Å². The van der Waals surface area contributed by atoms with Gasteiger partial charge in [-0.3, -0.25) is 4.79 Å². The second-order valence-corrected chi connectivity index (χ2v) is 4.39.